The first-order valence-corrected chi connectivity index (χ1v) is 34.0. The maximum absolute atomic E-state index is 12.9. The Kier molecular flexibility index (Phi) is 63.1. The first kappa shape index (κ1) is 73.6. The highest BCUT2D eigenvalue weighted by atomic mass is 16.6. The molecule has 0 rings (SSSR count). The topological polar surface area (TPSA) is 78.9 Å². The molecule has 6 heteroatoms. The third-order valence-electron chi connectivity index (χ3n) is 15.4. The summed E-state index contributed by atoms with van der Waals surface area (Å²) in [6, 6.07) is 0. The second kappa shape index (κ2) is 65.2. The fraction of sp³-hybridized carbons (Fsp3) is 0.871. The van der Waals surface area contributed by atoms with E-state index >= 15 is 0 Å². The van der Waals surface area contributed by atoms with Crippen molar-refractivity contribution < 1.29 is 28.6 Å². The highest BCUT2D eigenvalue weighted by molar-refractivity contribution is 5.71. The van der Waals surface area contributed by atoms with Crippen molar-refractivity contribution in [2.24, 2.45) is 0 Å². The molecule has 0 aliphatic carbocycles. The lowest BCUT2D eigenvalue weighted by molar-refractivity contribution is -0.167. The Labute approximate surface area is 474 Å². The van der Waals surface area contributed by atoms with Crippen LogP contribution in [-0.4, -0.2) is 37.2 Å². The number of carbonyl (C=O) groups excluding carboxylic acids is 3. The number of rotatable bonds is 63. The Morgan fingerprint density at radius 1 is 0.263 bits per heavy atom. The second-order valence-electron chi connectivity index (χ2n) is 23.1. The summed E-state index contributed by atoms with van der Waals surface area (Å²) < 4.78 is 16.9. The van der Waals surface area contributed by atoms with Gasteiger partial charge in [-0.3, -0.25) is 14.4 Å². The number of carbonyl (C=O) groups is 3. The predicted molar refractivity (Wildman–Crippen MR) is 330 cm³/mol. The van der Waals surface area contributed by atoms with Gasteiger partial charge in [-0.2, -0.15) is 0 Å². The van der Waals surface area contributed by atoms with Crippen LogP contribution < -0.4 is 0 Å². The molecule has 76 heavy (non-hydrogen) atoms. The molecule has 0 heterocycles. The molecule has 1 unspecified atom stereocenters. The van der Waals surface area contributed by atoms with Crippen molar-refractivity contribution in [3.63, 3.8) is 0 Å². The molecule has 0 saturated heterocycles. The minimum atomic E-state index is -0.781. The second-order valence-corrected chi connectivity index (χ2v) is 23.1. The van der Waals surface area contributed by atoms with Crippen LogP contribution in [0.1, 0.15) is 374 Å². The Hall–Kier alpha value is -2.37. The molecule has 0 spiro atoms. The van der Waals surface area contributed by atoms with E-state index in [1.165, 1.54) is 244 Å². The molecule has 0 aromatic carbocycles. The Balaban J connectivity index is 4.06. The van der Waals surface area contributed by atoms with Gasteiger partial charge in [0.1, 0.15) is 13.2 Å². The SMILES string of the molecule is CCCC/C=C\CCCCCCCC(=O)OCC(COC(=O)CCCCCCCCCCCCCCCCCCCCCCCCCCCCCCCCCC)OC(=O)CCCCCCC/C=C\C/C=C\CCCCC. The fourth-order valence-corrected chi connectivity index (χ4v) is 10.2. The van der Waals surface area contributed by atoms with Gasteiger partial charge in [0.2, 0.25) is 0 Å². The standard InChI is InChI=1S/C70H130O6/c1-4-7-10-13-16-19-22-24-26-27-28-29-30-31-32-33-34-35-36-37-38-39-40-41-42-44-45-48-51-54-57-60-63-69(72)75-66-67(65-74-68(71)62-59-56-53-50-47-21-18-15-12-9-6-3)76-70(73)64-61-58-55-52-49-46-43-25-23-20-17-14-11-8-5-2/h15,17-18,20,25,43,67H,4-14,16,19,21-24,26-42,44-66H2,1-3H3/b18-15-,20-17-,43-25-. The van der Waals surface area contributed by atoms with Gasteiger partial charge in [0.25, 0.3) is 0 Å². The molecule has 0 aliphatic rings. The van der Waals surface area contributed by atoms with Crippen LogP contribution in [-0.2, 0) is 28.6 Å². The molecule has 0 aliphatic heterocycles. The van der Waals surface area contributed by atoms with E-state index < -0.39 is 6.10 Å². The monoisotopic (exact) mass is 1070 g/mol. The Morgan fingerprint density at radius 2 is 0.487 bits per heavy atom. The third-order valence-corrected chi connectivity index (χ3v) is 15.4. The van der Waals surface area contributed by atoms with Crippen molar-refractivity contribution in [3.05, 3.63) is 36.5 Å². The van der Waals surface area contributed by atoms with Gasteiger partial charge in [0.05, 0.1) is 0 Å². The highest BCUT2D eigenvalue weighted by Crippen LogP contribution is 2.18. The van der Waals surface area contributed by atoms with Crippen LogP contribution in [0.25, 0.3) is 0 Å². The molecule has 0 aromatic rings. The van der Waals surface area contributed by atoms with E-state index in [0.717, 1.165) is 89.9 Å². The summed E-state index contributed by atoms with van der Waals surface area (Å²) in [5.74, 6) is -0.881. The summed E-state index contributed by atoms with van der Waals surface area (Å²) in [7, 11) is 0. The van der Waals surface area contributed by atoms with Crippen LogP contribution >= 0.6 is 0 Å². The van der Waals surface area contributed by atoms with Gasteiger partial charge in [0.15, 0.2) is 6.10 Å². The summed E-state index contributed by atoms with van der Waals surface area (Å²) in [5.41, 5.74) is 0. The maximum atomic E-state index is 12.9. The zero-order valence-corrected chi connectivity index (χ0v) is 51.3. The normalized spacial score (nSPS) is 12.2. The molecule has 0 saturated carbocycles. The predicted octanol–water partition coefficient (Wildman–Crippen LogP) is 23.2. The van der Waals surface area contributed by atoms with Crippen LogP contribution in [0.2, 0.25) is 0 Å². The number of unbranched alkanes of at least 4 members (excludes halogenated alkanes) is 46. The van der Waals surface area contributed by atoms with E-state index in [1.807, 2.05) is 0 Å². The largest absolute Gasteiger partial charge is 0.462 e. The highest BCUT2D eigenvalue weighted by Gasteiger charge is 2.19. The molecule has 0 radical (unpaired) electrons. The Bertz CT molecular complexity index is 1270. The minimum absolute atomic E-state index is 0.0768. The first-order chi connectivity index (χ1) is 37.5. The molecule has 0 amide bonds. The number of allylic oxidation sites excluding steroid dienone is 6. The molecule has 0 fully saturated rings. The van der Waals surface area contributed by atoms with E-state index in [4.69, 9.17) is 14.2 Å². The van der Waals surface area contributed by atoms with Crippen molar-refractivity contribution in [1.29, 1.82) is 0 Å². The lowest BCUT2D eigenvalue weighted by Crippen LogP contribution is -2.30. The molecular weight excluding hydrogens is 937 g/mol. The van der Waals surface area contributed by atoms with Gasteiger partial charge in [-0.15, -0.1) is 0 Å². The van der Waals surface area contributed by atoms with E-state index in [9.17, 15) is 14.4 Å². The van der Waals surface area contributed by atoms with Crippen LogP contribution in [0.3, 0.4) is 0 Å². The average molecular weight is 1070 g/mol. The van der Waals surface area contributed by atoms with Crippen LogP contribution in [0.15, 0.2) is 36.5 Å². The van der Waals surface area contributed by atoms with E-state index in [1.54, 1.807) is 0 Å². The maximum Gasteiger partial charge on any atom is 0.306 e. The lowest BCUT2D eigenvalue weighted by Gasteiger charge is -2.18. The summed E-state index contributed by atoms with van der Waals surface area (Å²) >= 11 is 0. The van der Waals surface area contributed by atoms with Crippen LogP contribution in [0.5, 0.6) is 0 Å². The van der Waals surface area contributed by atoms with Crippen LogP contribution in [0.4, 0.5) is 0 Å². The Morgan fingerprint density at radius 3 is 0.803 bits per heavy atom. The van der Waals surface area contributed by atoms with Gasteiger partial charge in [-0.1, -0.05) is 320 Å². The minimum Gasteiger partial charge on any atom is -0.462 e. The molecule has 446 valence electrons. The smallest absolute Gasteiger partial charge is 0.306 e. The summed E-state index contributed by atoms with van der Waals surface area (Å²) in [4.78, 5) is 38.2. The van der Waals surface area contributed by atoms with Crippen molar-refractivity contribution in [2.75, 3.05) is 13.2 Å². The van der Waals surface area contributed by atoms with Crippen LogP contribution in [0, 0.1) is 0 Å². The zero-order valence-electron chi connectivity index (χ0n) is 51.3. The van der Waals surface area contributed by atoms with E-state index in [2.05, 4.69) is 57.2 Å². The molecule has 1 atom stereocenters. The quantitative estimate of drug-likeness (QED) is 0.0261. The van der Waals surface area contributed by atoms with Gasteiger partial charge < -0.3 is 14.2 Å². The number of ether oxygens (including phenoxy) is 3. The zero-order chi connectivity index (χ0) is 55.0. The molecule has 0 aromatic heterocycles. The number of hydrogen-bond donors (Lipinski definition) is 0. The van der Waals surface area contributed by atoms with Gasteiger partial charge in [0, 0.05) is 19.3 Å². The average Bonchev–Trinajstić information content (AvgIpc) is 3.42. The molecule has 0 bridgehead atoms. The fourth-order valence-electron chi connectivity index (χ4n) is 10.2. The van der Waals surface area contributed by atoms with Gasteiger partial charge in [-0.25, -0.2) is 0 Å². The van der Waals surface area contributed by atoms with Crippen molar-refractivity contribution in [1.82, 2.24) is 0 Å². The number of esters is 3. The number of hydrogen-bond acceptors (Lipinski definition) is 6. The molecule has 6 nitrogen and oxygen atoms in total. The first-order valence-electron chi connectivity index (χ1n) is 34.0. The van der Waals surface area contributed by atoms with Crippen molar-refractivity contribution >= 4 is 17.9 Å². The molecular formula is C70H130O6. The lowest BCUT2D eigenvalue weighted by atomic mass is 10.0. The van der Waals surface area contributed by atoms with Gasteiger partial charge in [-0.05, 0) is 70.6 Å². The summed E-state index contributed by atoms with van der Waals surface area (Å²) in [6.45, 7) is 6.61. The van der Waals surface area contributed by atoms with Crippen molar-refractivity contribution in [2.45, 2.75) is 380 Å². The third kappa shape index (κ3) is 62.5. The van der Waals surface area contributed by atoms with Crippen molar-refractivity contribution in [3.8, 4) is 0 Å². The summed E-state index contributed by atoms with van der Waals surface area (Å²) in [5, 5.41) is 0. The van der Waals surface area contributed by atoms with Gasteiger partial charge >= 0.3 is 17.9 Å². The van der Waals surface area contributed by atoms with E-state index in [0.29, 0.717) is 19.3 Å². The molecule has 0 N–H and O–H groups in total. The van der Waals surface area contributed by atoms with E-state index in [-0.39, 0.29) is 31.1 Å². The summed E-state index contributed by atoms with van der Waals surface area (Å²) in [6.07, 6.45) is 80.5.